The summed E-state index contributed by atoms with van der Waals surface area (Å²) in [7, 11) is 0. The Labute approximate surface area is 171 Å². The molecule has 0 bridgehead atoms. The standard InChI is InChI=1S/C23H19F3N2O2/c1-15(20-4-2-3-11-27-20)28-12-13-30-21-10-7-17(14-19(21)22(28)29)16-5-8-18(9-6-16)23(24,25)26/h2-11,14-15H,12-13H2,1H3. The molecule has 7 heteroatoms. The molecule has 1 unspecified atom stereocenters. The van der Waals surface area contributed by atoms with Gasteiger partial charge in [0, 0.05) is 6.20 Å². The van der Waals surface area contributed by atoms with E-state index in [2.05, 4.69) is 4.98 Å². The lowest BCUT2D eigenvalue weighted by molar-refractivity contribution is -0.137. The van der Waals surface area contributed by atoms with Gasteiger partial charge in [-0.3, -0.25) is 9.78 Å². The molecule has 0 fully saturated rings. The van der Waals surface area contributed by atoms with Gasteiger partial charge in [-0.15, -0.1) is 0 Å². The first-order valence-corrected chi connectivity index (χ1v) is 9.51. The van der Waals surface area contributed by atoms with Crippen molar-refractivity contribution in [2.24, 2.45) is 0 Å². The largest absolute Gasteiger partial charge is 0.491 e. The van der Waals surface area contributed by atoms with Gasteiger partial charge in [0.2, 0.25) is 0 Å². The summed E-state index contributed by atoms with van der Waals surface area (Å²) in [5, 5.41) is 0. The summed E-state index contributed by atoms with van der Waals surface area (Å²) in [4.78, 5) is 19.3. The number of nitrogens with zero attached hydrogens (tertiary/aromatic N) is 2. The zero-order chi connectivity index (χ0) is 21.3. The number of aromatic nitrogens is 1. The number of fused-ring (bicyclic) bond motifs is 1. The number of hydrogen-bond acceptors (Lipinski definition) is 3. The van der Waals surface area contributed by atoms with Crippen molar-refractivity contribution in [1.29, 1.82) is 0 Å². The third kappa shape index (κ3) is 3.87. The molecule has 1 aromatic heterocycles. The monoisotopic (exact) mass is 412 g/mol. The molecule has 154 valence electrons. The molecule has 1 aliphatic rings. The summed E-state index contributed by atoms with van der Waals surface area (Å²) >= 11 is 0. The van der Waals surface area contributed by atoms with Crippen molar-refractivity contribution >= 4 is 5.91 Å². The topological polar surface area (TPSA) is 42.4 Å². The molecule has 0 spiro atoms. The molecule has 0 N–H and O–H groups in total. The van der Waals surface area contributed by atoms with Crippen LogP contribution in [0.15, 0.2) is 66.9 Å². The molecular formula is C23H19F3N2O2. The second-order valence-electron chi connectivity index (χ2n) is 7.06. The fraction of sp³-hybridized carbons (Fsp3) is 0.217. The van der Waals surface area contributed by atoms with Crippen LogP contribution in [-0.4, -0.2) is 28.9 Å². The number of benzene rings is 2. The number of amides is 1. The van der Waals surface area contributed by atoms with Crippen LogP contribution in [-0.2, 0) is 6.18 Å². The molecule has 2 heterocycles. The van der Waals surface area contributed by atoms with E-state index in [4.69, 9.17) is 4.74 Å². The third-order valence-corrected chi connectivity index (χ3v) is 5.19. The zero-order valence-corrected chi connectivity index (χ0v) is 16.2. The Balaban J connectivity index is 1.67. The molecule has 1 amide bonds. The van der Waals surface area contributed by atoms with Crippen molar-refractivity contribution in [3.8, 4) is 16.9 Å². The second kappa shape index (κ2) is 7.82. The molecule has 30 heavy (non-hydrogen) atoms. The smallest absolute Gasteiger partial charge is 0.416 e. The van der Waals surface area contributed by atoms with Crippen molar-refractivity contribution in [2.45, 2.75) is 19.1 Å². The minimum absolute atomic E-state index is 0.200. The van der Waals surface area contributed by atoms with E-state index in [1.807, 2.05) is 25.1 Å². The van der Waals surface area contributed by atoms with Crippen molar-refractivity contribution in [2.75, 3.05) is 13.2 Å². The lowest BCUT2D eigenvalue weighted by atomic mass is 10.00. The maximum atomic E-state index is 13.3. The van der Waals surface area contributed by atoms with Crippen LogP contribution in [0.25, 0.3) is 11.1 Å². The van der Waals surface area contributed by atoms with E-state index in [-0.39, 0.29) is 11.9 Å². The van der Waals surface area contributed by atoms with Gasteiger partial charge in [-0.2, -0.15) is 13.2 Å². The van der Waals surface area contributed by atoms with Crippen LogP contribution in [0.1, 0.15) is 34.6 Å². The number of alkyl halides is 3. The lowest BCUT2D eigenvalue weighted by Gasteiger charge is -2.27. The van der Waals surface area contributed by atoms with Crippen molar-refractivity contribution < 1.29 is 22.7 Å². The third-order valence-electron chi connectivity index (χ3n) is 5.19. The highest BCUT2D eigenvalue weighted by molar-refractivity contribution is 5.98. The fourth-order valence-corrected chi connectivity index (χ4v) is 3.52. The Bertz CT molecular complexity index is 1050. The minimum Gasteiger partial charge on any atom is -0.491 e. The fourth-order valence-electron chi connectivity index (χ4n) is 3.52. The van der Waals surface area contributed by atoms with Gasteiger partial charge >= 0.3 is 6.18 Å². The zero-order valence-electron chi connectivity index (χ0n) is 16.2. The summed E-state index contributed by atoms with van der Waals surface area (Å²) < 4.78 is 44.2. The molecule has 4 nitrogen and oxygen atoms in total. The van der Waals surface area contributed by atoms with E-state index in [9.17, 15) is 18.0 Å². The van der Waals surface area contributed by atoms with Crippen LogP contribution in [0, 0.1) is 0 Å². The number of halogens is 3. The van der Waals surface area contributed by atoms with Gasteiger partial charge in [0.25, 0.3) is 5.91 Å². The SMILES string of the molecule is CC(c1ccccn1)N1CCOc2ccc(-c3ccc(C(F)(F)F)cc3)cc2C1=O. The van der Waals surface area contributed by atoms with Gasteiger partial charge in [-0.05, 0) is 54.4 Å². The Hall–Kier alpha value is -3.35. The Morgan fingerprint density at radius 3 is 2.43 bits per heavy atom. The number of pyridine rings is 1. The Morgan fingerprint density at radius 1 is 1.03 bits per heavy atom. The molecule has 0 radical (unpaired) electrons. The summed E-state index contributed by atoms with van der Waals surface area (Å²) in [6, 6.07) is 15.3. The average Bonchev–Trinajstić information content (AvgIpc) is 2.92. The quantitative estimate of drug-likeness (QED) is 0.581. The predicted molar refractivity (Wildman–Crippen MR) is 106 cm³/mol. The van der Waals surface area contributed by atoms with Gasteiger partial charge in [0.15, 0.2) is 0 Å². The Kier molecular flexibility index (Phi) is 5.20. The highest BCUT2D eigenvalue weighted by atomic mass is 19.4. The molecule has 0 saturated carbocycles. The van der Waals surface area contributed by atoms with Gasteiger partial charge < -0.3 is 9.64 Å². The number of rotatable bonds is 3. The van der Waals surface area contributed by atoms with Gasteiger partial charge in [-0.25, -0.2) is 0 Å². The number of ether oxygens (including phenoxy) is 1. The predicted octanol–water partition coefficient (Wildman–Crippen LogP) is 5.36. The van der Waals surface area contributed by atoms with Crippen LogP contribution in [0.4, 0.5) is 13.2 Å². The average molecular weight is 412 g/mol. The molecule has 0 aliphatic carbocycles. The highest BCUT2D eigenvalue weighted by Crippen LogP contribution is 2.34. The van der Waals surface area contributed by atoms with Gasteiger partial charge in [0.1, 0.15) is 12.4 Å². The summed E-state index contributed by atoms with van der Waals surface area (Å²) in [5.74, 6) is 0.265. The van der Waals surface area contributed by atoms with Gasteiger partial charge in [-0.1, -0.05) is 24.3 Å². The molecule has 4 rings (SSSR count). The number of carbonyl (C=O) groups excluding carboxylic acids is 1. The van der Waals surface area contributed by atoms with Crippen LogP contribution in [0.5, 0.6) is 5.75 Å². The maximum absolute atomic E-state index is 13.3. The molecule has 0 saturated heterocycles. The van der Waals surface area contributed by atoms with Crippen molar-refractivity contribution in [1.82, 2.24) is 9.88 Å². The second-order valence-corrected chi connectivity index (χ2v) is 7.06. The van der Waals surface area contributed by atoms with E-state index in [0.717, 1.165) is 17.8 Å². The maximum Gasteiger partial charge on any atom is 0.416 e. The van der Waals surface area contributed by atoms with E-state index in [1.165, 1.54) is 12.1 Å². The first-order valence-electron chi connectivity index (χ1n) is 9.51. The van der Waals surface area contributed by atoms with Crippen LogP contribution < -0.4 is 4.74 Å². The van der Waals surface area contributed by atoms with Gasteiger partial charge in [0.05, 0.1) is 29.4 Å². The first-order chi connectivity index (χ1) is 14.3. The summed E-state index contributed by atoms with van der Waals surface area (Å²) in [5.41, 5.74) is 1.68. The molecule has 3 aromatic rings. The molecule has 1 atom stereocenters. The van der Waals surface area contributed by atoms with E-state index in [1.54, 1.807) is 29.3 Å². The van der Waals surface area contributed by atoms with E-state index in [0.29, 0.717) is 35.6 Å². The molecular weight excluding hydrogens is 393 g/mol. The molecule has 2 aromatic carbocycles. The number of carbonyl (C=O) groups is 1. The highest BCUT2D eigenvalue weighted by Gasteiger charge is 2.31. The minimum atomic E-state index is -4.39. The van der Waals surface area contributed by atoms with Crippen LogP contribution >= 0.6 is 0 Å². The Morgan fingerprint density at radius 2 is 1.77 bits per heavy atom. The first kappa shape index (κ1) is 19.9. The molecule has 1 aliphatic heterocycles. The number of hydrogen-bond donors (Lipinski definition) is 0. The lowest BCUT2D eigenvalue weighted by Crippen LogP contribution is -2.35. The summed E-state index contributed by atoms with van der Waals surface area (Å²) in [6.07, 6.45) is -2.71. The van der Waals surface area contributed by atoms with Crippen LogP contribution in [0.3, 0.4) is 0 Å². The van der Waals surface area contributed by atoms with Crippen molar-refractivity contribution in [3.05, 3.63) is 83.7 Å². The normalized spacial score (nSPS) is 15.2. The van der Waals surface area contributed by atoms with E-state index < -0.39 is 11.7 Å². The van der Waals surface area contributed by atoms with E-state index >= 15 is 0 Å². The summed E-state index contributed by atoms with van der Waals surface area (Å²) in [6.45, 7) is 2.65. The van der Waals surface area contributed by atoms with Crippen molar-refractivity contribution in [3.63, 3.8) is 0 Å². The van der Waals surface area contributed by atoms with Crippen LogP contribution in [0.2, 0.25) is 0 Å².